The molecule has 0 saturated carbocycles. The molecule has 0 radical (unpaired) electrons. The van der Waals surface area contributed by atoms with Gasteiger partial charge in [-0.25, -0.2) is 19.2 Å². The molecule has 2 rings (SSSR count). The maximum Gasteiger partial charge on any atom is 0.407 e. The Labute approximate surface area is 200 Å². The fraction of sp³-hybridized carbons (Fsp3) is 0.476. The first-order valence-electron chi connectivity index (χ1n) is 9.97. The number of ether oxygens (including phenoxy) is 1. The lowest BCUT2D eigenvalue weighted by molar-refractivity contribution is 0.0529. The van der Waals surface area contributed by atoms with Gasteiger partial charge in [0.15, 0.2) is 5.96 Å². The first kappa shape index (κ1) is 26.7. The third-order valence-corrected chi connectivity index (χ3v) is 3.95. The molecule has 1 aromatic carbocycles. The number of guanidine groups is 1. The van der Waals surface area contributed by atoms with Gasteiger partial charge in [0, 0.05) is 32.0 Å². The average Bonchev–Trinajstić information content (AvgIpc) is 3.07. The number of hydrogen-bond acceptors (Lipinski definition) is 4. The van der Waals surface area contributed by atoms with Crippen molar-refractivity contribution in [2.24, 2.45) is 4.99 Å². The van der Waals surface area contributed by atoms with Crippen molar-refractivity contribution in [3.05, 3.63) is 47.8 Å². The molecule has 0 atom stereocenters. The number of aliphatic imine (C=N–C) groups is 1. The number of benzene rings is 1. The van der Waals surface area contributed by atoms with Gasteiger partial charge in [-0.2, -0.15) is 0 Å². The maximum atomic E-state index is 14.5. The number of imidazole rings is 1. The number of alkyl carbamates (subject to hydrolysis) is 1. The number of nitrogens with one attached hydrogen (secondary N) is 3. The van der Waals surface area contributed by atoms with E-state index < -0.39 is 11.7 Å². The smallest absolute Gasteiger partial charge is 0.407 e. The molecular formula is C21H32FIN6O2. The summed E-state index contributed by atoms with van der Waals surface area (Å²) in [5.74, 6) is 0.972. The second kappa shape index (κ2) is 12.5. The predicted octanol–water partition coefficient (Wildman–Crippen LogP) is 3.52. The highest BCUT2D eigenvalue weighted by atomic mass is 127. The molecule has 2 aromatic rings. The lowest BCUT2D eigenvalue weighted by Crippen LogP contribution is -2.42. The number of nitrogens with zero attached hydrogens (tertiary/aromatic N) is 3. The van der Waals surface area contributed by atoms with Gasteiger partial charge in [-0.3, -0.25) is 0 Å². The zero-order valence-electron chi connectivity index (χ0n) is 18.7. The van der Waals surface area contributed by atoms with Gasteiger partial charge in [0.1, 0.15) is 17.2 Å². The molecule has 0 aliphatic heterocycles. The minimum atomic E-state index is -0.532. The van der Waals surface area contributed by atoms with Crippen molar-refractivity contribution >= 4 is 36.0 Å². The second-order valence-electron chi connectivity index (χ2n) is 7.68. The molecule has 10 heteroatoms. The molecule has 172 valence electrons. The van der Waals surface area contributed by atoms with Crippen LogP contribution < -0.4 is 16.0 Å². The van der Waals surface area contributed by atoms with E-state index >= 15 is 0 Å². The summed E-state index contributed by atoms with van der Waals surface area (Å²) in [5, 5.41) is 8.93. The molecule has 31 heavy (non-hydrogen) atoms. The van der Waals surface area contributed by atoms with Crippen LogP contribution in [0.2, 0.25) is 0 Å². The van der Waals surface area contributed by atoms with E-state index in [4.69, 9.17) is 4.74 Å². The zero-order chi connectivity index (χ0) is 22.1. The number of carbonyl (C=O) groups is 1. The van der Waals surface area contributed by atoms with Crippen molar-refractivity contribution in [3.63, 3.8) is 0 Å². The largest absolute Gasteiger partial charge is 0.444 e. The summed E-state index contributed by atoms with van der Waals surface area (Å²) in [5.41, 5.74) is 0.670. The number of aryl methyl sites for hydroxylation is 1. The molecule has 0 bridgehead atoms. The Morgan fingerprint density at radius 1 is 1.23 bits per heavy atom. The van der Waals surface area contributed by atoms with Crippen molar-refractivity contribution in [1.82, 2.24) is 25.5 Å². The Hall–Kier alpha value is -2.37. The van der Waals surface area contributed by atoms with E-state index in [1.54, 1.807) is 23.0 Å². The number of halogens is 2. The van der Waals surface area contributed by atoms with Crippen LogP contribution in [-0.2, 0) is 11.3 Å². The normalized spacial score (nSPS) is 11.5. The highest BCUT2D eigenvalue weighted by molar-refractivity contribution is 14.0. The molecule has 1 amide bonds. The number of carbonyl (C=O) groups excluding carboxylic acids is 1. The van der Waals surface area contributed by atoms with Crippen molar-refractivity contribution in [2.45, 2.75) is 46.8 Å². The number of hydrogen-bond donors (Lipinski definition) is 3. The first-order valence-corrected chi connectivity index (χ1v) is 9.97. The van der Waals surface area contributed by atoms with E-state index in [-0.39, 0.29) is 29.8 Å². The third-order valence-electron chi connectivity index (χ3n) is 3.95. The van der Waals surface area contributed by atoms with Crippen LogP contribution in [0.5, 0.6) is 0 Å². The number of aromatic nitrogens is 2. The Morgan fingerprint density at radius 3 is 2.52 bits per heavy atom. The van der Waals surface area contributed by atoms with Crippen LogP contribution in [-0.4, -0.2) is 46.8 Å². The highest BCUT2D eigenvalue weighted by Crippen LogP contribution is 2.17. The zero-order valence-corrected chi connectivity index (χ0v) is 21.0. The quantitative estimate of drug-likeness (QED) is 0.214. The van der Waals surface area contributed by atoms with Gasteiger partial charge in [0.25, 0.3) is 0 Å². The summed E-state index contributed by atoms with van der Waals surface area (Å²) in [6.45, 7) is 11.1. The molecular weight excluding hydrogens is 514 g/mol. The fourth-order valence-corrected chi connectivity index (χ4v) is 2.65. The molecule has 3 N–H and O–H groups in total. The Bertz CT molecular complexity index is 879. The predicted molar refractivity (Wildman–Crippen MR) is 131 cm³/mol. The Morgan fingerprint density at radius 2 is 1.94 bits per heavy atom. The van der Waals surface area contributed by atoms with E-state index in [0.717, 1.165) is 11.4 Å². The molecule has 1 aromatic heterocycles. The van der Waals surface area contributed by atoms with E-state index in [2.05, 4.69) is 25.9 Å². The Kier molecular flexibility index (Phi) is 10.7. The molecule has 1 heterocycles. The van der Waals surface area contributed by atoms with Crippen LogP contribution in [0.1, 0.15) is 39.1 Å². The van der Waals surface area contributed by atoms with E-state index in [1.807, 2.05) is 40.7 Å². The van der Waals surface area contributed by atoms with Crippen LogP contribution in [0.15, 0.2) is 35.6 Å². The topological polar surface area (TPSA) is 92.6 Å². The summed E-state index contributed by atoms with van der Waals surface area (Å²) in [6.07, 6.45) is 2.90. The number of amides is 1. The minimum absolute atomic E-state index is 0. The van der Waals surface area contributed by atoms with Crippen LogP contribution in [0.4, 0.5) is 9.18 Å². The SMILES string of the molecule is CCNC(=NCc1ccc(-n2ccnc2C)c(F)c1)NCCNC(=O)OC(C)(C)C.I. The monoisotopic (exact) mass is 546 g/mol. The molecule has 8 nitrogen and oxygen atoms in total. The van der Waals surface area contributed by atoms with Gasteiger partial charge in [0.2, 0.25) is 0 Å². The summed E-state index contributed by atoms with van der Waals surface area (Å²) in [4.78, 5) is 20.3. The summed E-state index contributed by atoms with van der Waals surface area (Å²) in [6, 6.07) is 5.04. The van der Waals surface area contributed by atoms with Gasteiger partial charge < -0.3 is 25.3 Å². The third kappa shape index (κ3) is 9.11. The lowest BCUT2D eigenvalue weighted by Gasteiger charge is -2.19. The minimum Gasteiger partial charge on any atom is -0.444 e. The van der Waals surface area contributed by atoms with Crippen molar-refractivity contribution < 1.29 is 13.9 Å². The summed E-state index contributed by atoms with van der Waals surface area (Å²) >= 11 is 0. The molecule has 0 unspecified atom stereocenters. The average molecular weight is 546 g/mol. The van der Waals surface area contributed by atoms with E-state index in [9.17, 15) is 9.18 Å². The molecule has 0 fully saturated rings. The van der Waals surface area contributed by atoms with E-state index in [1.165, 1.54) is 6.07 Å². The van der Waals surface area contributed by atoms with Gasteiger partial charge in [-0.05, 0) is 52.3 Å². The second-order valence-corrected chi connectivity index (χ2v) is 7.68. The Balaban J connectivity index is 0.00000480. The van der Waals surface area contributed by atoms with Crippen molar-refractivity contribution in [3.8, 4) is 5.69 Å². The van der Waals surface area contributed by atoms with Crippen molar-refractivity contribution in [1.29, 1.82) is 0 Å². The van der Waals surface area contributed by atoms with Crippen LogP contribution in [0.3, 0.4) is 0 Å². The van der Waals surface area contributed by atoms with Crippen molar-refractivity contribution in [2.75, 3.05) is 19.6 Å². The van der Waals surface area contributed by atoms with Gasteiger partial charge in [-0.1, -0.05) is 6.07 Å². The van der Waals surface area contributed by atoms with Gasteiger partial charge in [0.05, 0.1) is 12.2 Å². The first-order chi connectivity index (χ1) is 14.2. The molecule has 0 aliphatic carbocycles. The van der Waals surface area contributed by atoms with E-state index in [0.29, 0.717) is 37.8 Å². The maximum absolute atomic E-state index is 14.5. The highest BCUT2D eigenvalue weighted by Gasteiger charge is 2.15. The van der Waals surface area contributed by atoms with Gasteiger partial charge >= 0.3 is 6.09 Å². The molecule has 0 saturated heterocycles. The van der Waals surface area contributed by atoms with Gasteiger partial charge in [-0.15, -0.1) is 24.0 Å². The van der Waals surface area contributed by atoms with Crippen LogP contribution >= 0.6 is 24.0 Å². The fourth-order valence-electron chi connectivity index (χ4n) is 2.65. The standard InChI is InChI=1S/C21H31FN6O2.HI/c1-6-23-19(25-9-10-26-20(29)30-21(3,4)5)27-14-16-7-8-18(17(22)13-16)28-12-11-24-15(28)2;/h7-8,11-13H,6,9-10,14H2,1-5H3,(H,26,29)(H2,23,25,27);1H. The summed E-state index contributed by atoms with van der Waals surface area (Å²) < 4.78 is 21.4. The molecule has 0 spiro atoms. The number of rotatable bonds is 7. The van der Waals surface area contributed by atoms with Crippen LogP contribution in [0, 0.1) is 12.7 Å². The molecule has 0 aliphatic rings. The van der Waals surface area contributed by atoms with Crippen LogP contribution in [0.25, 0.3) is 5.69 Å². The lowest BCUT2D eigenvalue weighted by atomic mass is 10.2. The summed E-state index contributed by atoms with van der Waals surface area (Å²) in [7, 11) is 0.